The van der Waals surface area contributed by atoms with E-state index >= 15 is 0 Å². The van der Waals surface area contributed by atoms with Crippen LogP contribution < -0.4 is 5.32 Å². The van der Waals surface area contributed by atoms with Crippen LogP contribution in [0.5, 0.6) is 0 Å². The minimum Gasteiger partial charge on any atom is -0.361 e. The second kappa shape index (κ2) is 3.66. The molecule has 17 heavy (non-hydrogen) atoms. The highest BCUT2D eigenvalue weighted by atomic mass is 32.1. The van der Waals surface area contributed by atoms with Crippen molar-refractivity contribution in [1.29, 1.82) is 0 Å². The van der Waals surface area contributed by atoms with Gasteiger partial charge in [0.05, 0.1) is 0 Å². The molecule has 1 fully saturated rings. The van der Waals surface area contributed by atoms with Crippen molar-refractivity contribution in [3.63, 3.8) is 0 Å². The summed E-state index contributed by atoms with van der Waals surface area (Å²) in [6.07, 6.45) is 6.30. The largest absolute Gasteiger partial charge is 0.361 e. The van der Waals surface area contributed by atoms with Gasteiger partial charge in [-0.3, -0.25) is 0 Å². The Kier molecular flexibility index (Phi) is 2.21. The Morgan fingerprint density at radius 2 is 2.12 bits per heavy atom. The van der Waals surface area contributed by atoms with E-state index in [2.05, 4.69) is 10.3 Å². The Morgan fingerprint density at radius 1 is 1.18 bits per heavy atom. The molecule has 0 radical (unpaired) electrons. The molecule has 0 amide bonds. The minimum absolute atomic E-state index is 0.617. The van der Waals surface area contributed by atoms with Crippen molar-refractivity contribution in [2.45, 2.75) is 32.1 Å². The van der Waals surface area contributed by atoms with E-state index in [1.165, 1.54) is 60.5 Å². The van der Waals surface area contributed by atoms with E-state index in [9.17, 15) is 0 Å². The maximum absolute atomic E-state index is 5.79. The number of hydrogen-bond donors (Lipinski definition) is 2. The molecule has 90 valence electrons. The van der Waals surface area contributed by atoms with Crippen LogP contribution in [0.25, 0.3) is 0 Å². The van der Waals surface area contributed by atoms with E-state index in [4.69, 9.17) is 12.2 Å². The van der Waals surface area contributed by atoms with E-state index in [1.54, 1.807) is 5.56 Å². The molecule has 0 bridgehead atoms. The van der Waals surface area contributed by atoms with Gasteiger partial charge in [-0.15, -0.1) is 0 Å². The molecule has 0 saturated carbocycles. The van der Waals surface area contributed by atoms with Crippen molar-refractivity contribution in [3.8, 4) is 0 Å². The Labute approximate surface area is 107 Å². The standard InChI is InChI=1S/C14H18N2S/c17-14-10-7-15-5-4-8(10)6-12-13(14)9-2-1-3-11(9)16-12/h8,10,15-16H,1-7H2/t8-,10+/m0/s1. The summed E-state index contributed by atoms with van der Waals surface area (Å²) in [6.45, 7) is 2.27. The predicted molar refractivity (Wildman–Crippen MR) is 72.7 cm³/mol. The van der Waals surface area contributed by atoms with Crippen molar-refractivity contribution in [1.82, 2.24) is 10.3 Å². The molecule has 2 heterocycles. The van der Waals surface area contributed by atoms with E-state index in [1.807, 2.05) is 0 Å². The highest BCUT2D eigenvalue weighted by molar-refractivity contribution is 7.80. The van der Waals surface area contributed by atoms with Gasteiger partial charge in [-0.05, 0) is 50.1 Å². The number of rotatable bonds is 0. The lowest BCUT2D eigenvalue weighted by atomic mass is 9.74. The third-order valence-electron chi connectivity index (χ3n) is 4.80. The van der Waals surface area contributed by atoms with Crippen LogP contribution in [-0.4, -0.2) is 22.9 Å². The topological polar surface area (TPSA) is 27.8 Å². The zero-order chi connectivity index (χ0) is 11.4. The Hall–Kier alpha value is -0.670. The van der Waals surface area contributed by atoms with Gasteiger partial charge in [0, 0.05) is 34.3 Å². The number of aromatic nitrogens is 1. The normalized spacial score (nSPS) is 30.9. The molecule has 0 spiro atoms. The van der Waals surface area contributed by atoms with Gasteiger partial charge in [0.2, 0.25) is 0 Å². The van der Waals surface area contributed by atoms with Crippen molar-refractivity contribution in [2.24, 2.45) is 11.8 Å². The van der Waals surface area contributed by atoms with Gasteiger partial charge in [-0.1, -0.05) is 12.2 Å². The van der Waals surface area contributed by atoms with Gasteiger partial charge >= 0.3 is 0 Å². The highest BCUT2D eigenvalue weighted by Crippen LogP contribution is 2.39. The predicted octanol–water partition coefficient (Wildman–Crippen LogP) is 2.00. The summed E-state index contributed by atoms with van der Waals surface area (Å²) >= 11 is 5.79. The molecule has 2 N–H and O–H groups in total. The van der Waals surface area contributed by atoms with Crippen molar-refractivity contribution in [3.05, 3.63) is 22.5 Å². The Morgan fingerprint density at radius 3 is 3.06 bits per heavy atom. The first-order chi connectivity index (χ1) is 8.34. The molecule has 2 nitrogen and oxygen atoms in total. The smallest absolute Gasteiger partial charge is 0.0291 e. The third kappa shape index (κ3) is 1.39. The summed E-state index contributed by atoms with van der Waals surface area (Å²) in [5.41, 5.74) is 5.97. The number of fused-ring (bicyclic) bond motifs is 4. The fourth-order valence-electron chi connectivity index (χ4n) is 3.95. The Balaban J connectivity index is 1.81. The number of aryl methyl sites for hydroxylation is 1. The zero-order valence-electron chi connectivity index (χ0n) is 10.0. The average molecular weight is 246 g/mol. The van der Waals surface area contributed by atoms with Crippen molar-refractivity contribution in [2.75, 3.05) is 13.1 Å². The van der Waals surface area contributed by atoms with Crippen LogP contribution >= 0.6 is 12.2 Å². The number of thiocarbonyl (C=S) groups is 1. The first kappa shape index (κ1) is 10.3. The van der Waals surface area contributed by atoms with Crippen LogP contribution in [0.15, 0.2) is 0 Å². The molecule has 4 rings (SSSR count). The molecule has 1 saturated heterocycles. The number of aromatic amines is 1. The van der Waals surface area contributed by atoms with Gasteiger partial charge in [0.25, 0.3) is 0 Å². The van der Waals surface area contributed by atoms with Crippen LogP contribution in [0.3, 0.4) is 0 Å². The lowest BCUT2D eigenvalue weighted by Gasteiger charge is -2.36. The summed E-state index contributed by atoms with van der Waals surface area (Å²) < 4.78 is 0. The molecule has 3 heteroatoms. The molecule has 0 aromatic carbocycles. The molecule has 1 aromatic rings. The van der Waals surface area contributed by atoms with Crippen molar-refractivity contribution >= 4 is 17.1 Å². The summed E-state index contributed by atoms with van der Waals surface area (Å²) in [7, 11) is 0. The minimum atomic E-state index is 0.617. The summed E-state index contributed by atoms with van der Waals surface area (Å²) in [5.74, 6) is 1.40. The van der Waals surface area contributed by atoms with Crippen LogP contribution in [0, 0.1) is 11.8 Å². The fraction of sp³-hybridized carbons (Fsp3) is 0.643. The highest BCUT2D eigenvalue weighted by Gasteiger charge is 2.38. The second-order valence-electron chi connectivity index (χ2n) is 5.72. The molecule has 1 aromatic heterocycles. The zero-order valence-corrected chi connectivity index (χ0v) is 10.8. The summed E-state index contributed by atoms with van der Waals surface area (Å²) in [6, 6.07) is 0. The van der Waals surface area contributed by atoms with Gasteiger partial charge in [-0.25, -0.2) is 0 Å². The molecule has 1 aliphatic heterocycles. The molecule has 2 atom stereocenters. The van der Waals surface area contributed by atoms with Crippen LogP contribution in [-0.2, 0) is 19.3 Å². The van der Waals surface area contributed by atoms with E-state index < -0.39 is 0 Å². The fourth-order valence-corrected chi connectivity index (χ4v) is 4.47. The van der Waals surface area contributed by atoms with Crippen LogP contribution in [0.1, 0.15) is 35.4 Å². The number of piperidine rings is 1. The molecular weight excluding hydrogens is 228 g/mol. The quantitative estimate of drug-likeness (QED) is 0.685. The van der Waals surface area contributed by atoms with Gasteiger partial charge in [0.15, 0.2) is 0 Å². The monoisotopic (exact) mass is 246 g/mol. The lowest BCUT2D eigenvalue weighted by Crippen LogP contribution is -2.44. The molecule has 2 aliphatic carbocycles. The molecule has 3 aliphatic rings. The van der Waals surface area contributed by atoms with Gasteiger partial charge in [0.1, 0.15) is 0 Å². The Bertz CT molecular complexity index is 489. The van der Waals surface area contributed by atoms with Crippen molar-refractivity contribution < 1.29 is 0 Å². The first-order valence-electron chi connectivity index (χ1n) is 6.82. The lowest BCUT2D eigenvalue weighted by molar-refractivity contribution is 0.310. The first-order valence-corrected chi connectivity index (χ1v) is 7.23. The maximum atomic E-state index is 5.79. The van der Waals surface area contributed by atoms with Gasteiger partial charge < -0.3 is 10.3 Å². The van der Waals surface area contributed by atoms with E-state index in [0.717, 1.165) is 12.5 Å². The number of H-pyrrole nitrogens is 1. The SMILES string of the molecule is S=C1c2c([nH]c3c2CCC3)C[C@@H]2CCNC[C@@H]12. The third-order valence-corrected chi connectivity index (χ3v) is 5.30. The van der Waals surface area contributed by atoms with Crippen LogP contribution in [0.2, 0.25) is 0 Å². The molecular formula is C14H18N2S. The molecule has 0 unspecified atom stereocenters. The van der Waals surface area contributed by atoms with Crippen LogP contribution in [0.4, 0.5) is 0 Å². The van der Waals surface area contributed by atoms with E-state index in [-0.39, 0.29) is 0 Å². The van der Waals surface area contributed by atoms with Gasteiger partial charge in [-0.2, -0.15) is 0 Å². The van der Waals surface area contributed by atoms with E-state index in [0.29, 0.717) is 5.92 Å². The summed E-state index contributed by atoms with van der Waals surface area (Å²) in [5, 5.41) is 3.51. The maximum Gasteiger partial charge on any atom is 0.0291 e. The summed E-state index contributed by atoms with van der Waals surface area (Å²) in [4.78, 5) is 4.92. The number of nitrogens with one attached hydrogen (secondary N) is 2. The average Bonchev–Trinajstić information content (AvgIpc) is 2.89. The number of hydrogen-bond acceptors (Lipinski definition) is 2. The second-order valence-corrected chi connectivity index (χ2v) is 6.16.